The summed E-state index contributed by atoms with van der Waals surface area (Å²) in [7, 11) is 0. The van der Waals surface area contributed by atoms with Crippen LogP contribution in [0.2, 0.25) is 0 Å². The van der Waals surface area contributed by atoms with Crippen molar-refractivity contribution in [1.29, 1.82) is 0 Å². The first-order chi connectivity index (χ1) is 10.3. The van der Waals surface area contributed by atoms with Crippen LogP contribution in [0, 0.1) is 0 Å². The lowest BCUT2D eigenvalue weighted by molar-refractivity contribution is -0.139. The lowest BCUT2D eigenvalue weighted by Gasteiger charge is -2.17. The van der Waals surface area contributed by atoms with Gasteiger partial charge < -0.3 is 10.4 Å². The third-order valence-electron chi connectivity index (χ3n) is 4.46. The maximum absolute atomic E-state index is 11.7. The molecule has 1 aliphatic heterocycles. The van der Waals surface area contributed by atoms with Gasteiger partial charge in [0.25, 0.3) is 0 Å². The first-order valence-corrected chi connectivity index (χ1v) is 7.69. The Kier molecular flexibility index (Phi) is 4.20. The molecule has 0 spiro atoms. The molecule has 110 valence electrons. The van der Waals surface area contributed by atoms with E-state index in [1.54, 1.807) is 0 Å². The molecule has 0 saturated carbocycles. The Labute approximate surface area is 125 Å². The van der Waals surface area contributed by atoms with Gasteiger partial charge in [-0.1, -0.05) is 42.5 Å². The van der Waals surface area contributed by atoms with Crippen molar-refractivity contribution in [2.45, 2.75) is 37.6 Å². The number of carboxylic acid groups (broad SMARTS) is 1. The molecule has 0 bridgehead atoms. The average molecular weight is 283 g/mol. The van der Waals surface area contributed by atoms with Crippen molar-refractivity contribution in [1.82, 2.24) is 5.32 Å². The minimum atomic E-state index is -0.718. The molecule has 1 heterocycles. The molecule has 1 saturated heterocycles. The molecule has 2 unspecified atom stereocenters. The fraction of sp³-hybridized carbons (Fsp3) is 0.389. The van der Waals surface area contributed by atoms with Gasteiger partial charge in [-0.2, -0.15) is 0 Å². The van der Waals surface area contributed by atoms with Gasteiger partial charge in [-0.05, 0) is 48.6 Å². The predicted octanol–water partition coefficient (Wildman–Crippen LogP) is 3.54. The number of carbonyl (C=O) groups is 1. The number of hydrogen-bond acceptors (Lipinski definition) is 2. The standard InChI is InChI=1S/C18H21NO2/c20-18(21)17(11-10-14-7-4-12-19-14)16-9-3-6-13-5-1-2-8-15(13)16/h1-3,5-6,8-9,14,17,19H,4,7,10-12H2,(H,20,21). The zero-order valence-electron chi connectivity index (χ0n) is 12.1. The predicted molar refractivity (Wildman–Crippen MR) is 84.6 cm³/mol. The average Bonchev–Trinajstić information content (AvgIpc) is 3.01. The number of aliphatic carboxylic acids is 1. The van der Waals surface area contributed by atoms with Gasteiger partial charge in [0, 0.05) is 6.04 Å². The van der Waals surface area contributed by atoms with Crippen molar-refractivity contribution in [3.8, 4) is 0 Å². The summed E-state index contributed by atoms with van der Waals surface area (Å²) in [5, 5.41) is 15.3. The maximum atomic E-state index is 11.7. The van der Waals surface area contributed by atoms with Crippen molar-refractivity contribution in [3.63, 3.8) is 0 Å². The van der Waals surface area contributed by atoms with Crippen LogP contribution in [0.3, 0.4) is 0 Å². The molecule has 2 aromatic rings. The Morgan fingerprint density at radius 1 is 1.24 bits per heavy atom. The smallest absolute Gasteiger partial charge is 0.310 e. The second-order valence-electron chi connectivity index (χ2n) is 5.83. The number of rotatable bonds is 5. The number of benzene rings is 2. The molecule has 3 heteroatoms. The lowest BCUT2D eigenvalue weighted by Crippen LogP contribution is -2.23. The van der Waals surface area contributed by atoms with Crippen molar-refractivity contribution in [2.75, 3.05) is 6.54 Å². The van der Waals surface area contributed by atoms with E-state index in [2.05, 4.69) is 5.32 Å². The zero-order valence-corrected chi connectivity index (χ0v) is 12.1. The van der Waals surface area contributed by atoms with Gasteiger partial charge in [-0.25, -0.2) is 0 Å². The Hall–Kier alpha value is -1.87. The van der Waals surface area contributed by atoms with Crippen LogP contribution in [-0.2, 0) is 4.79 Å². The highest BCUT2D eigenvalue weighted by Crippen LogP contribution is 2.30. The Bertz CT molecular complexity index is 627. The van der Waals surface area contributed by atoms with Gasteiger partial charge >= 0.3 is 5.97 Å². The van der Waals surface area contributed by atoms with Gasteiger partial charge in [0.15, 0.2) is 0 Å². The van der Waals surface area contributed by atoms with Crippen LogP contribution in [0.25, 0.3) is 10.8 Å². The third kappa shape index (κ3) is 3.08. The molecule has 0 aromatic heterocycles. The zero-order chi connectivity index (χ0) is 14.7. The summed E-state index contributed by atoms with van der Waals surface area (Å²) in [5.41, 5.74) is 0.943. The van der Waals surface area contributed by atoms with E-state index < -0.39 is 11.9 Å². The third-order valence-corrected chi connectivity index (χ3v) is 4.46. The van der Waals surface area contributed by atoms with Crippen LogP contribution in [0.1, 0.15) is 37.2 Å². The van der Waals surface area contributed by atoms with Gasteiger partial charge in [-0.15, -0.1) is 0 Å². The van der Waals surface area contributed by atoms with Crippen LogP contribution < -0.4 is 5.32 Å². The van der Waals surface area contributed by atoms with Crippen LogP contribution in [-0.4, -0.2) is 23.7 Å². The molecule has 0 radical (unpaired) electrons. The Morgan fingerprint density at radius 2 is 2.05 bits per heavy atom. The van der Waals surface area contributed by atoms with Crippen LogP contribution in [0.4, 0.5) is 0 Å². The molecule has 2 N–H and O–H groups in total. The van der Waals surface area contributed by atoms with Crippen molar-refractivity contribution in [2.24, 2.45) is 0 Å². The fourth-order valence-corrected chi connectivity index (χ4v) is 3.34. The molecule has 1 aliphatic rings. The molecular weight excluding hydrogens is 262 g/mol. The van der Waals surface area contributed by atoms with Crippen LogP contribution >= 0.6 is 0 Å². The van der Waals surface area contributed by atoms with Gasteiger partial charge in [-0.3, -0.25) is 4.79 Å². The summed E-state index contributed by atoms with van der Waals surface area (Å²) in [6.45, 7) is 1.07. The van der Waals surface area contributed by atoms with E-state index in [1.165, 1.54) is 12.8 Å². The molecule has 1 fully saturated rings. The summed E-state index contributed by atoms with van der Waals surface area (Å²) >= 11 is 0. The number of fused-ring (bicyclic) bond motifs is 1. The molecule has 21 heavy (non-hydrogen) atoms. The molecule has 0 amide bonds. The molecule has 2 atom stereocenters. The van der Waals surface area contributed by atoms with Crippen molar-refractivity contribution >= 4 is 16.7 Å². The largest absolute Gasteiger partial charge is 0.481 e. The van der Waals surface area contributed by atoms with E-state index in [1.807, 2.05) is 42.5 Å². The molecule has 3 nitrogen and oxygen atoms in total. The van der Waals surface area contributed by atoms with Gasteiger partial charge in [0.2, 0.25) is 0 Å². The van der Waals surface area contributed by atoms with E-state index in [9.17, 15) is 9.90 Å². The Balaban J connectivity index is 1.86. The first kappa shape index (κ1) is 14.1. The van der Waals surface area contributed by atoms with Gasteiger partial charge in [0.05, 0.1) is 5.92 Å². The quantitative estimate of drug-likeness (QED) is 0.882. The SMILES string of the molecule is O=C(O)C(CCC1CCCN1)c1cccc2ccccc12. The van der Waals surface area contributed by atoms with Crippen molar-refractivity contribution in [3.05, 3.63) is 48.0 Å². The summed E-state index contributed by atoms with van der Waals surface area (Å²) < 4.78 is 0. The topological polar surface area (TPSA) is 49.3 Å². The van der Waals surface area contributed by atoms with Crippen LogP contribution in [0.5, 0.6) is 0 Å². The minimum absolute atomic E-state index is 0.418. The number of hydrogen-bond donors (Lipinski definition) is 2. The lowest BCUT2D eigenvalue weighted by atomic mass is 9.88. The van der Waals surface area contributed by atoms with Gasteiger partial charge in [0.1, 0.15) is 0 Å². The second kappa shape index (κ2) is 6.27. The van der Waals surface area contributed by atoms with E-state index in [0.29, 0.717) is 12.5 Å². The highest BCUT2D eigenvalue weighted by molar-refractivity contribution is 5.90. The van der Waals surface area contributed by atoms with E-state index >= 15 is 0 Å². The van der Waals surface area contributed by atoms with E-state index in [0.717, 1.165) is 29.3 Å². The molecule has 0 aliphatic carbocycles. The highest BCUT2D eigenvalue weighted by atomic mass is 16.4. The highest BCUT2D eigenvalue weighted by Gasteiger charge is 2.24. The summed E-state index contributed by atoms with van der Waals surface area (Å²) in [6, 6.07) is 14.5. The fourth-order valence-electron chi connectivity index (χ4n) is 3.34. The second-order valence-corrected chi connectivity index (χ2v) is 5.83. The Morgan fingerprint density at radius 3 is 2.81 bits per heavy atom. The summed E-state index contributed by atoms with van der Waals surface area (Å²) in [6.07, 6.45) is 4.00. The molecule has 3 rings (SSSR count). The van der Waals surface area contributed by atoms with Crippen molar-refractivity contribution < 1.29 is 9.90 Å². The monoisotopic (exact) mass is 283 g/mol. The van der Waals surface area contributed by atoms with Crippen LogP contribution in [0.15, 0.2) is 42.5 Å². The maximum Gasteiger partial charge on any atom is 0.310 e. The molecular formula is C18H21NO2. The summed E-state index contributed by atoms with van der Waals surface area (Å²) in [5.74, 6) is -1.14. The first-order valence-electron chi connectivity index (χ1n) is 7.69. The normalized spacial score (nSPS) is 19.7. The minimum Gasteiger partial charge on any atom is -0.481 e. The molecule has 2 aromatic carbocycles. The summed E-state index contributed by atoms with van der Waals surface area (Å²) in [4.78, 5) is 11.7. The van der Waals surface area contributed by atoms with E-state index in [-0.39, 0.29) is 0 Å². The number of nitrogens with one attached hydrogen (secondary N) is 1. The number of carboxylic acids is 1. The van der Waals surface area contributed by atoms with E-state index in [4.69, 9.17) is 0 Å².